The van der Waals surface area contributed by atoms with Crippen LogP contribution in [-0.2, 0) is 19.5 Å². The molecule has 2 N–H and O–H groups in total. The zero-order chi connectivity index (χ0) is 14.8. The lowest BCUT2D eigenvalue weighted by Gasteiger charge is -2.17. The summed E-state index contributed by atoms with van der Waals surface area (Å²) < 4.78 is 36.6. The van der Waals surface area contributed by atoms with Gasteiger partial charge < -0.3 is 14.8 Å². The van der Waals surface area contributed by atoms with Crippen LogP contribution in [0.4, 0.5) is 5.69 Å². The van der Waals surface area contributed by atoms with Gasteiger partial charge in [-0.3, -0.25) is 0 Å². The Bertz CT molecular complexity index is 554. The Morgan fingerprint density at radius 3 is 2.45 bits per heavy atom. The van der Waals surface area contributed by atoms with Crippen molar-refractivity contribution in [1.82, 2.24) is 4.72 Å². The molecule has 1 saturated heterocycles. The summed E-state index contributed by atoms with van der Waals surface area (Å²) in [5.41, 5.74) is 0.841. The third-order valence-corrected chi connectivity index (χ3v) is 4.46. The van der Waals surface area contributed by atoms with Crippen molar-refractivity contribution in [3.63, 3.8) is 0 Å². The Labute approximate surface area is 119 Å². The van der Waals surface area contributed by atoms with Gasteiger partial charge in [0.2, 0.25) is 10.0 Å². The summed E-state index contributed by atoms with van der Waals surface area (Å²) in [5, 5.41) is 3.20. The average molecular weight is 300 g/mol. The molecule has 0 amide bonds. The molecule has 1 unspecified atom stereocenters. The average Bonchev–Trinajstić information content (AvgIpc) is 2.76. The van der Waals surface area contributed by atoms with Crippen LogP contribution in [0, 0.1) is 0 Å². The van der Waals surface area contributed by atoms with Gasteiger partial charge in [0.1, 0.15) is 6.10 Å². The summed E-state index contributed by atoms with van der Waals surface area (Å²) in [4.78, 5) is 0.243. The Hall–Kier alpha value is -1.15. The van der Waals surface area contributed by atoms with Crippen LogP contribution in [0.15, 0.2) is 29.2 Å². The summed E-state index contributed by atoms with van der Waals surface area (Å²) in [6, 6.07) is 6.57. The normalized spacial score (nSPS) is 21.9. The summed E-state index contributed by atoms with van der Waals surface area (Å²) in [6.07, 6.45) is -0.00859. The lowest BCUT2D eigenvalue weighted by Crippen LogP contribution is -2.26. The number of rotatable bonds is 5. The van der Waals surface area contributed by atoms with Gasteiger partial charge in [-0.1, -0.05) is 0 Å². The number of nitrogens with one attached hydrogen (secondary N) is 2. The summed E-state index contributed by atoms with van der Waals surface area (Å²) in [7, 11) is -1.99. The zero-order valence-electron chi connectivity index (χ0n) is 11.8. The van der Waals surface area contributed by atoms with Crippen molar-refractivity contribution in [3.8, 4) is 0 Å². The van der Waals surface area contributed by atoms with Crippen molar-refractivity contribution in [1.29, 1.82) is 0 Å². The maximum atomic E-state index is 11.6. The minimum Gasteiger partial charge on any atom is -0.382 e. The second-order valence-corrected chi connectivity index (χ2v) is 6.95. The largest absolute Gasteiger partial charge is 0.382 e. The first-order valence-corrected chi connectivity index (χ1v) is 7.90. The SMILES string of the molecule is CNS(=O)(=O)c1ccc(NCC2COC(C)(C)O2)cc1. The Balaban J connectivity index is 1.92. The van der Waals surface area contributed by atoms with E-state index in [1.165, 1.54) is 7.05 Å². The van der Waals surface area contributed by atoms with E-state index in [4.69, 9.17) is 9.47 Å². The molecular weight excluding hydrogens is 280 g/mol. The van der Waals surface area contributed by atoms with Crippen LogP contribution in [0.2, 0.25) is 0 Å². The standard InChI is InChI=1S/C13H20N2O4S/c1-13(2)18-9-11(19-13)8-15-10-4-6-12(7-5-10)20(16,17)14-3/h4-7,11,14-15H,8-9H2,1-3H3. The highest BCUT2D eigenvalue weighted by atomic mass is 32.2. The summed E-state index contributed by atoms with van der Waals surface area (Å²) >= 11 is 0. The molecular formula is C13H20N2O4S. The van der Waals surface area contributed by atoms with Crippen LogP contribution in [0.1, 0.15) is 13.8 Å². The molecule has 0 saturated carbocycles. The molecule has 1 aromatic rings. The van der Waals surface area contributed by atoms with Crippen molar-refractivity contribution in [2.45, 2.75) is 30.6 Å². The van der Waals surface area contributed by atoms with Crippen LogP contribution in [-0.4, -0.2) is 40.5 Å². The predicted molar refractivity (Wildman–Crippen MR) is 76.1 cm³/mol. The molecule has 2 rings (SSSR count). The lowest BCUT2D eigenvalue weighted by atomic mass is 10.3. The first-order chi connectivity index (χ1) is 9.32. The molecule has 1 aliphatic rings. The van der Waals surface area contributed by atoms with E-state index >= 15 is 0 Å². The van der Waals surface area contributed by atoms with Gasteiger partial charge >= 0.3 is 0 Å². The van der Waals surface area contributed by atoms with Gasteiger partial charge in [0, 0.05) is 12.2 Å². The van der Waals surface area contributed by atoms with Crippen LogP contribution >= 0.6 is 0 Å². The molecule has 1 aliphatic heterocycles. The monoisotopic (exact) mass is 300 g/mol. The number of anilines is 1. The van der Waals surface area contributed by atoms with E-state index in [9.17, 15) is 8.42 Å². The molecule has 0 aliphatic carbocycles. The number of sulfonamides is 1. The molecule has 20 heavy (non-hydrogen) atoms. The van der Waals surface area contributed by atoms with E-state index in [2.05, 4.69) is 10.0 Å². The predicted octanol–water partition coefficient (Wildman–Crippen LogP) is 1.16. The van der Waals surface area contributed by atoms with E-state index in [-0.39, 0.29) is 11.0 Å². The van der Waals surface area contributed by atoms with Gasteiger partial charge in [-0.2, -0.15) is 0 Å². The Morgan fingerprint density at radius 1 is 1.30 bits per heavy atom. The highest BCUT2D eigenvalue weighted by Crippen LogP contribution is 2.22. The van der Waals surface area contributed by atoms with Crippen LogP contribution in [0.3, 0.4) is 0 Å². The fraction of sp³-hybridized carbons (Fsp3) is 0.538. The van der Waals surface area contributed by atoms with Crippen molar-refractivity contribution < 1.29 is 17.9 Å². The van der Waals surface area contributed by atoms with Crippen molar-refractivity contribution in [2.24, 2.45) is 0 Å². The molecule has 1 atom stereocenters. The highest BCUT2D eigenvalue weighted by molar-refractivity contribution is 7.89. The number of ether oxygens (including phenoxy) is 2. The summed E-state index contributed by atoms with van der Waals surface area (Å²) in [6.45, 7) is 4.92. The Kier molecular flexibility index (Phi) is 4.33. The molecule has 112 valence electrons. The fourth-order valence-corrected chi connectivity index (χ4v) is 2.70. The van der Waals surface area contributed by atoms with Crippen LogP contribution in [0.5, 0.6) is 0 Å². The van der Waals surface area contributed by atoms with Crippen molar-refractivity contribution in [3.05, 3.63) is 24.3 Å². The summed E-state index contributed by atoms with van der Waals surface area (Å²) in [5.74, 6) is -0.531. The number of benzene rings is 1. The number of hydrogen-bond donors (Lipinski definition) is 2. The highest BCUT2D eigenvalue weighted by Gasteiger charge is 2.32. The van der Waals surface area contributed by atoms with E-state index < -0.39 is 15.8 Å². The van der Waals surface area contributed by atoms with E-state index in [0.717, 1.165) is 5.69 Å². The quantitative estimate of drug-likeness (QED) is 0.853. The molecule has 0 spiro atoms. The lowest BCUT2D eigenvalue weighted by molar-refractivity contribution is -0.136. The minimum atomic E-state index is -3.38. The Morgan fingerprint density at radius 2 is 1.95 bits per heavy atom. The van der Waals surface area contributed by atoms with Gasteiger partial charge in [0.05, 0.1) is 11.5 Å². The molecule has 0 radical (unpaired) electrons. The van der Waals surface area contributed by atoms with Gasteiger partial charge in [0.25, 0.3) is 0 Å². The second kappa shape index (κ2) is 5.69. The van der Waals surface area contributed by atoms with Crippen LogP contribution < -0.4 is 10.0 Å². The van der Waals surface area contributed by atoms with E-state index in [0.29, 0.717) is 13.2 Å². The van der Waals surface area contributed by atoms with Gasteiger partial charge in [-0.05, 0) is 45.2 Å². The van der Waals surface area contributed by atoms with Gasteiger partial charge in [0.15, 0.2) is 5.79 Å². The third kappa shape index (κ3) is 3.69. The van der Waals surface area contributed by atoms with Crippen LogP contribution in [0.25, 0.3) is 0 Å². The first-order valence-electron chi connectivity index (χ1n) is 6.42. The maximum absolute atomic E-state index is 11.6. The zero-order valence-corrected chi connectivity index (χ0v) is 12.7. The smallest absolute Gasteiger partial charge is 0.240 e. The molecule has 0 bridgehead atoms. The molecule has 1 aromatic carbocycles. The van der Waals surface area contributed by atoms with E-state index in [1.54, 1.807) is 24.3 Å². The van der Waals surface area contributed by atoms with Crippen molar-refractivity contribution >= 4 is 15.7 Å². The number of hydrogen-bond acceptors (Lipinski definition) is 5. The van der Waals surface area contributed by atoms with E-state index in [1.807, 2.05) is 13.8 Å². The fourth-order valence-electron chi connectivity index (χ4n) is 1.97. The second-order valence-electron chi connectivity index (χ2n) is 5.06. The molecule has 0 aromatic heterocycles. The topological polar surface area (TPSA) is 76.7 Å². The minimum absolute atomic E-state index is 0.00859. The third-order valence-electron chi connectivity index (χ3n) is 3.03. The van der Waals surface area contributed by atoms with Gasteiger partial charge in [-0.25, -0.2) is 13.1 Å². The molecule has 1 fully saturated rings. The molecule has 7 heteroatoms. The maximum Gasteiger partial charge on any atom is 0.240 e. The molecule has 6 nitrogen and oxygen atoms in total. The van der Waals surface area contributed by atoms with Crippen molar-refractivity contribution in [2.75, 3.05) is 25.5 Å². The van der Waals surface area contributed by atoms with Gasteiger partial charge in [-0.15, -0.1) is 0 Å². The molecule has 1 heterocycles. The first kappa shape index (κ1) is 15.2.